The van der Waals surface area contributed by atoms with Crippen molar-refractivity contribution in [3.63, 3.8) is 0 Å². The highest BCUT2D eigenvalue weighted by atomic mass is 35.5. The molecule has 3 heteroatoms. The van der Waals surface area contributed by atoms with Crippen LogP contribution in [0.2, 0.25) is 0 Å². The third kappa shape index (κ3) is 1.89. The summed E-state index contributed by atoms with van der Waals surface area (Å²) < 4.78 is 0. The molecule has 1 aliphatic heterocycles. The Kier molecular flexibility index (Phi) is 3.89. The highest BCUT2D eigenvalue weighted by molar-refractivity contribution is 8.01. The average molecular weight is 140 g/mol. The van der Waals surface area contributed by atoms with Crippen molar-refractivity contribution in [1.82, 2.24) is 5.32 Å². The van der Waals surface area contributed by atoms with Crippen molar-refractivity contribution in [2.45, 2.75) is 11.8 Å². The number of hydrogen-bond acceptors (Lipinski definition) is 2. The summed E-state index contributed by atoms with van der Waals surface area (Å²) in [6, 6.07) is 0. The Hall–Kier alpha value is 0.600. The lowest BCUT2D eigenvalue weighted by Crippen LogP contribution is -2.29. The summed E-state index contributed by atoms with van der Waals surface area (Å²) in [5.41, 5.74) is 0. The van der Waals surface area contributed by atoms with E-state index in [4.69, 9.17) is 0 Å². The van der Waals surface area contributed by atoms with E-state index in [2.05, 4.69) is 5.32 Å². The fourth-order valence-electron chi connectivity index (χ4n) is 0.463. The maximum atomic E-state index is 3.16. The summed E-state index contributed by atoms with van der Waals surface area (Å²) in [7, 11) is 2.01. The molecule has 0 radical (unpaired) electrons. The molecule has 0 aliphatic carbocycles. The van der Waals surface area contributed by atoms with Gasteiger partial charge in [-0.1, -0.05) is 0 Å². The predicted molar refractivity (Wildman–Crippen MR) is 37.2 cm³/mol. The second-order valence-corrected chi connectivity index (χ2v) is 2.75. The number of thioether (sulfide) groups is 1. The molecule has 0 spiro atoms. The lowest BCUT2D eigenvalue weighted by molar-refractivity contribution is 0.687. The van der Waals surface area contributed by atoms with E-state index >= 15 is 0 Å². The van der Waals surface area contributed by atoms with Gasteiger partial charge in [-0.3, -0.25) is 0 Å². The van der Waals surface area contributed by atoms with E-state index in [0.29, 0.717) is 0 Å². The highest BCUT2D eigenvalue weighted by Crippen LogP contribution is 2.23. The Balaban J connectivity index is 0.000000360. The van der Waals surface area contributed by atoms with Crippen molar-refractivity contribution < 1.29 is 0 Å². The molecule has 1 saturated heterocycles. The molecule has 0 aromatic rings. The van der Waals surface area contributed by atoms with E-state index < -0.39 is 0 Å². The molecule has 0 saturated carbocycles. The lowest BCUT2D eigenvalue weighted by atomic mass is 10.4. The van der Waals surface area contributed by atoms with Crippen LogP contribution in [0.15, 0.2) is 0 Å². The zero-order chi connectivity index (χ0) is 4.41. The molecule has 1 nitrogen and oxygen atoms in total. The van der Waals surface area contributed by atoms with Crippen LogP contribution in [-0.2, 0) is 0 Å². The molecule has 0 bridgehead atoms. The van der Waals surface area contributed by atoms with Crippen LogP contribution in [0.5, 0.6) is 0 Å². The Morgan fingerprint density at radius 1 is 1.71 bits per heavy atom. The van der Waals surface area contributed by atoms with Gasteiger partial charge in [-0.15, -0.1) is 24.2 Å². The van der Waals surface area contributed by atoms with Gasteiger partial charge in [0.1, 0.15) is 0 Å². The standard InChI is InChI=1S/C4H9NS.ClH/c1-5-4-2-3-6-4;/h4-5H,2-3H2,1H3;1H. The van der Waals surface area contributed by atoms with Gasteiger partial charge in [0, 0.05) is 0 Å². The first kappa shape index (κ1) is 7.60. The Morgan fingerprint density at radius 2 is 2.29 bits per heavy atom. The van der Waals surface area contributed by atoms with E-state index in [0.717, 1.165) is 5.37 Å². The van der Waals surface area contributed by atoms with Gasteiger partial charge < -0.3 is 5.32 Å². The molecule has 1 fully saturated rings. The smallest absolute Gasteiger partial charge is 0.0537 e. The van der Waals surface area contributed by atoms with Crippen LogP contribution < -0.4 is 5.32 Å². The Bertz CT molecular complexity index is 44.2. The maximum absolute atomic E-state index is 3.16. The first-order chi connectivity index (χ1) is 2.93. The third-order valence-corrected chi connectivity index (χ3v) is 2.37. The number of halogens is 1. The molecule has 1 N–H and O–H groups in total. The molecule has 0 aromatic heterocycles. The summed E-state index contributed by atoms with van der Waals surface area (Å²) in [5, 5.41) is 3.95. The maximum Gasteiger partial charge on any atom is 0.0537 e. The first-order valence-electron chi connectivity index (χ1n) is 2.22. The van der Waals surface area contributed by atoms with Gasteiger partial charge in [0.05, 0.1) is 5.37 Å². The van der Waals surface area contributed by atoms with Crippen LogP contribution in [0, 0.1) is 0 Å². The Morgan fingerprint density at radius 3 is 2.29 bits per heavy atom. The fraction of sp³-hybridized carbons (Fsp3) is 1.00. The van der Waals surface area contributed by atoms with Crippen molar-refractivity contribution in [3.8, 4) is 0 Å². The second kappa shape index (κ2) is 3.58. The molecular weight excluding hydrogens is 130 g/mol. The molecule has 44 valence electrons. The quantitative estimate of drug-likeness (QED) is 0.584. The zero-order valence-corrected chi connectivity index (χ0v) is 5.94. The number of nitrogens with one attached hydrogen (secondary N) is 1. The van der Waals surface area contributed by atoms with Gasteiger partial charge in [-0.05, 0) is 19.2 Å². The monoisotopic (exact) mass is 139 g/mol. The minimum atomic E-state index is 0. The summed E-state index contributed by atoms with van der Waals surface area (Å²) in [6.07, 6.45) is 1.36. The van der Waals surface area contributed by atoms with Crippen molar-refractivity contribution in [1.29, 1.82) is 0 Å². The minimum Gasteiger partial charge on any atom is -0.308 e. The van der Waals surface area contributed by atoms with Gasteiger partial charge >= 0.3 is 0 Å². The average Bonchev–Trinajstić information content (AvgIpc) is 1.31. The van der Waals surface area contributed by atoms with Crippen molar-refractivity contribution in [3.05, 3.63) is 0 Å². The molecular formula is C4H10ClNS. The summed E-state index contributed by atoms with van der Waals surface area (Å²) in [6.45, 7) is 0. The van der Waals surface area contributed by atoms with E-state index in [1.54, 1.807) is 0 Å². The van der Waals surface area contributed by atoms with Gasteiger partial charge in [-0.2, -0.15) is 0 Å². The summed E-state index contributed by atoms with van der Waals surface area (Å²) in [5.74, 6) is 1.35. The van der Waals surface area contributed by atoms with Crippen LogP contribution in [0.25, 0.3) is 0 Å². The van der Waals surface area contributed by atoms with Crippen LogP contribution in [-0.4, -0.2) is 18.2 Å². The first-order valence-corrected chi connectivity index (χ1v) is 3.27. The molecule has 1 atom stereocenters. The molecule has 1 unspecified atom stereocenters. The van der Waals surface area contributed by atoms with E-state index in [1.165, 1.54) is 12.2 Å². The van der Waals surface area contributed by atoms with Gasteiger partial charge in [0.15, 0.2) is 0 Å². The number of hydrogen-bond donors (Lipinski definition) is 1. The molecule has 0 amide bonds. The van der Waals surface area contributed by atoms with Crippen LogP contribution in [0.4, 0.5) is 0 Å². The molecule has 1 heterocycles. The van der Waals surface area contributed by atoms with Crippen molar-refractivity contribution >= 4 is 24.2 Å². The van der Waals surface area contributed by atoms with Crippen molar-refractivity contribution in [2.75, 3.05) is 12.8 Å². The fourth-order valence-corrected chi connectivity index (χ4v) is 1.10. The molecule has 1 rings (SSSR count). The van der Waals surface area contributed by atoms with E-state index in [1.807, 2.05) is 18.8 Å². The molecule has 1 aliphatic rings. The zero-order valence-electron chi connectivity index (χ0n) is 4.31. The third-order valence-electron chi connectivity index (χ3n) is 1.02. The Labute approximate surface area is 54.7 Å². The highest BCUT2D eigenvalue weighted by Gasteiger charge is 2.13. The second-order valence-electron chi connectivity index (χ2n) is 1.44. The SMILES string of the molecule is CNC1CCS1.Cl. The largest absolute Gasteiger partial charge is 0.308 e. The van der Waals surface area contributed by atoms with Crippen LogP contribution in [0.3, 0.4) is 0 Å². The topological polar surface area (TPSA) is 12.0 Å². The lowest BCUT2D eigenvalue weighted by Gasteiger charge is -2.23. The normalized spacial score (nSPS) is 27.9. The van der Waals surface area contributed by atoms with Gasteiger partial charge in [0.25, 0.3) is 0 Å². The van der Waals surface area contributed by atoms with E-state index in [-0.39, 0.29) is 12.4 Å². The number of rotatable bonds is 1. The predicted octanol–water partition coefficient (Wildman–Crippen LogP) is 1.09. The van der Waals surface area contributed by atoms with Crippen LogP contribution in [0.1, 0.15) is 6.42 Å². The summed E-state index contributed by atoms with van der Waals surface area (Å²) in [4.78, 5) is 0. The minimum absolute atomic E-state index is 0. The molecule has 0 aromatic carbocycles. The van der Waals surface area contributed by atoms with E-state index in [9.17, 15) is 0 Å². The van der Waals surface area contributed by atoms with Gasteiger partial charge in [0.2, 0.25) is 0 Å². The van der Waals surface area contributed by atoms with Gasteiger partial charge in [-0.25, -0.2) is 0 Å². The molecule has 7 heavy (non-hydrogen) atoms. The van der Waals surface area contributed by atoms with Crippen LogP contribution >= 0.6 is 24.2 Å². The van der Waals surface area contributed by atoms with Crippen molar-refractivity contribution in [2.24, 2.45) is 0 Å². The summed E-state index contributed by atoms with van der Waals surface area (Å²) >= 11 is 1.99.